The molecule has 0 radical (unpaired) electrons. The Morgan fingerprint density at radius 1 is 1.47 bits per heavy atom. The summed E-state index contributed by atoms with van der Waals surface area (Å²) in [7, 11) is 0. The predicted molar refractivity (Wildman–Crippen MR) is 64.1 cm³/mol. The van der Waals surface area contributed by atoms with Crippen molar-refractivity contribution in [3.63, 3.8) is 0 Å². The van der Waals surface area contributed by atoms with Crippen LogP contribution in [-0.4, -0.2) is 17.7 Å². The van der Waals surface area contributed by atoms with Gasteiger partial charge in [-0.15, -0.1) is 0 Å². The molecule has 0 fully saturated rings. The van der Waals surface area contributed by atoms with E-state index in [2.05, 4.69) is 38.4 Å². The number of carbonyl (C=O) groups is 1. The monoisotopic (exact) mass is 334 g/mol. The Bertz CT molecular complexity index is 402. The lowest BCUT2D eigenvalue weighted by Gasteiger charge is -2.07. The van der Waals surface area contributed by atoms with E-state index in [1.807, 2.05) is 12.1 Å². The molecular weight excluding hydrogens is 328 g/mol. The minimum atomic E-state index is -1.05. The SMILES string of the molecule is C=C(COc1ccc(Br)cc1Br)C(=O)O. The molecule has 0 atom stereocenters. The van der Waals surface area contributed by atoms with Crippen molar-refractivity contribution in [3.05, 3.63) is 39.3 Å². The molecule has 1 aromatic rings. The summed E-state index contributed by atoms with van der Waals surface area (Å²) < 4.78 is 6.94. The largest absolute Gasteiger partial charge is 0.487 e. The molecule has 0 heterocycles. The van der Waals surface area contributed by atoms with Gasteiger partial charge in [0.15, 0.2) is 0 Å². The van der Waals surface area contributed by atoms with E-state index in [0.29, 0.717) is 5.75 Å². The third-order valence-electron chi connectivity index (χ3n) is 1.60. The van der Waals surface area contributed by atoms with Gasteiger partial charge in [0, 0.05) is 4.47 Å². The van der Waals surface area contributed by atoms with Crippen LogP contribution < -0.4 is 4.74 Å². The van der Waals surface area contributed by atoms with Crippen molar-refractivity contribution in [1.82, 2.24) is 0 Å². The molecule has 0 aliphatic rings. The van der Waals surface area contributed by atoms with Gasteiger partial charge in [-0.05, 0) is 34.1 Å². The Hall–Kier alpha value is -0.810. The van der Waals surface area contributed by atoms with Crippen LogP contribution in [0.3, 0.4) is 0 Å². The summed E-state index contributed by atoms with van der Waals surface area (Å²) in [4.78, 5) is 10.5. The number of carboxylic acids is 1. The first kappa shape index (κ1) is 12.3. The van der Waals surface area contributed by atoms with Crippen LogP contribution in [0.4, 0.5) is 0 Å². The number of hydrogen-bond acceptors (Lipinski definition) is 2. The molecule has 1 N–H and O–H groups in total. The third-order valence-corrected chi connectivity index (χ3v) is 2.71. The second-order valence-electron chi connectivity index (χ2n) is 2.77. The van der Waals surface area contributed by atoms with Gasteiger partial charge in [-0.2, -0.15) is 0 Å². The van der Waals surface area contributed by atoms with Gasteiger partial charge in [0.2, 0.25) is 0 Å². The normalized spacial score (nSPS) is 9.73. The zero-order valence-corrected chi connectivity index (χ0v) is 10.8. The summed E-state index contributed by atoms with van der Waals surface area (Å²) in [6.07, 6.45) is 0. The number of rotatable bonds is 4. The van der Waals surface area contributed by atoms with Gasteiger partial charge < -0.3 is 9.84 Å². The van der Waals surface area contributed by atoms with Crippen LogP contribution >= 0.6 is 31.9 Å². The van der Waals surface area contributed by atoms with E-state index in [1.165, 1.54) is 0 Å². The van der Waals surface area contributed by atoms with Crippen LogP contribution in [0, 0.1) is 0 Å². The maximum absolute atomic E-state index is 10.5. The van der Waals surface area contributed by atoms with E-state index < -0.39 is 5.97 Å². The van der Waals surface area contributed by atoms with Crippen LogP contribution in [0.2, 0.25) is 0 Å². The van der Waals surface area contributed by atoms with Crippen molar-refractivity contribution < 1.29 is 14.6 Å². The summed E-state index contributed by atoms with van der Waals surface area (Å²) in [6.45, 7) is 3.34. The minimum absolute atomic E-state index is 0.0184. The average molecular weight is 336 g/mol. The first-order valence-electron chi connectivity index (χ1n) is 3.99. The second-order valence-corrected chi connectivity index (χ2v) is 4.54. The first-order valence-corrected chi connectivity index (χ1v) is 5.58. The highest BCUT2D eigenvalue weighted by Gasteiger charge is 2.06. The summed E-state index contributed by atoms with van der Waals surface area (Å²) in [5, 5.41) is 8.57. The van der Waals surface area contributed by atoms with Gasteiger partial charge in [-0.1, -0.05) is 22.5 Å². The topological polar surface area (TPSA) is 46.5 Å². The summed E-state index contributed by atoms with van der Waals surface area (Å²) in [5.41, 5.74) is 0.0184. The highest BCUT2D eigenvalue weighted by atomic mass is 79.9. The predicted octanol–water partition coefficient (Wildman–Crippen LogP) is 3.23. The molecular formula is C10H8Br2O3. The van der Waals surface area contributed by atoms with Crippen LogP contribution in [0.5, 0.6) is 5.75 Å². The molecule has 0 saturated heterocycles. The molecule has 5 heteroatoms. The molecule has 0 aromatic heterocycles. The molecule has 0 bridgehead atoms. The molecule has 0 unspecified atom stereocenters. The zero-order valence-electron chi connectivity index (χ0n) is 7.67. The number of benzene rings is 1. The van der Waals surface area contributed by atoms with E-state index in [4.69, 9.17) is 9.84 Å². The lowest BCUT2D eigenvalue weighted by Crippen LogP contribution is -2.09. The minimum Gasteiger partial charge on any atom is -0.487 e. The Kier molecular flexibility index (Phi) is 4.35. The molecule has 0 saturated carbocycles. The van der Waals surface area contributed by atoms with Crippen molar-refractivity contribution in [2.24, 2.45) is 0 Å². The Balaban J connectivity index is 2.66. The van der Waals surface area contributed by atoms with Crippen LogP contribution in [0.15, 0.2) is 39.3 Å². The smallest absolute Gasteiger partial charge is 0.334 e. The quantitative estimate of drug-likeness (QED) is 0.859. The van der Waals surface area contributed by atoms with Gasteiger partial charge in [-0.25, -0.2) is 4.79 Å². The van der Waals surface area contributed by atoms with Crippen LogP contribution in [-0.2, 0) is 4.79 Å². The fourth-order valence-corrected chi connectivity index (χ4v) is 1.98. The summed E-state index contributed by atoms with van der Waals surface area (Å²) in [6, 6.07) is 5.37. The fraction of sp³-hybridized carbons (Fsp3) is 0.100. The van der Waals surface area contributed by atoms with Gasteiger partial charge in [0.25, 0.3) is 0 Å². The van der Waals surface area contributed by atoms with E-state index in [1.54, 1.807) is 6.07 Å². The van der Waals surface area contributed by atoms with Gasteiger partial charge in [0.05, 0.1) is 10.0 Å². The highest BCUT2D eigenvalue weighted by Crippen LogP contribution is 2.28. The highest BCUT2D eigenvalue weighted by molar-refractivity contribution is 9.11. The van der Waals surface area contributed by atoms with Crippen molar-refractivity contribution >= 4 is 37.8 Å². The maximum Gasteiger partial charge on any atom is 0.334 e. The summed E-state index contributed by atoms with van der Waals surface area (Å²) in [5.74, 6) is -0.469. The molecule has 0 aliphatic heterocycles. The number of aliphatic carboxylic acids is 1. The Labute approximate surface area is 104 Å². The first-order chi connectivity index (χ1) is 7.00. The average Bonchev–Trinajstić information content (AvgIpc) is 2.15. The summed E-state index contributed by atoms with van der Waals surface area (Å²) >= 11 is 6.60. The fourth-order valence-electron chi connectivity index (χ4n) is 0.819. The van der Waals surface area contributed by atoms with E-state index in [0.717, 1.165) is 8.95 Å². The lowest BCUT2D eigenvalue weighted by molar-refractivity contribution is -0.133. The molecule has 0 spiro atoms. The Morgan fingerprint density at radius 3 is 2.67 bits per heavy atom. The number of carboxylic acid groups (broad SMARTS) is 1. The van der Waals surface area contributed by atoms with Crippen LogP contribution in [0.25, 0.3) is 0 Å². The van der Waals surface area contributed by atoms with E-state index >= 15 is 0 Å². The third kappa shape index (κ3) is 3.68. The maximum atomic E-state index is 10.5. The molecule has 0 aliphatic carbocycles. The van der Waals surface area contributed by atoms with Crippen LogP contribution in [0.1, 0.15) is 0 Å². The van der Waals surface area contributed by atoms with Crippen molar-refractivity contribution in [1.29, 1.82) is 0 Å². The van der Waals surface area contributed by atoms with E-state index in [-0.39, 0.29) is 12.2 Å². The Morgan fingerprint density at radius 2 is 2.13 bits per heavy atom. The van der Waals surface area contributed by atoms with Gasteiger partial charge >= 0.3 is 5.97 Å². The molecule has 1 aromatic carbocycles. The van der Waals surface area contributed by atoms with Crippen molar-refractivity contribution in [2.45, 2.75) is 0 Å². The molecule has 15 heavy (non-hydrogen) atoms. The van der Waals surface area contributed by atoms with Crippen molar-refractivity contribution in [2.75, 3.05) is 6.61 Å². The zero-order chi connectivity index (χ0) is 11.4. The lowest BCUT2D eigenvalue weighted by atomic mass is 10.3. The number of hydrogen-bond donors (Lipinski definition) is 1. The molecule has 0 amide bonds. The van der Waals surface area contributed by atoms with Gasteiger partial charge in [-0.3, -0.25) is 0 Å². The second kappa shape index (κ2) is 5.32. The van der Waals surface area contributed by atoms with Crippen molar-refractivity contribution in [3.8, 4) is 5.75 Å². The van der Waals surface area contributed by atoms with E-state index in [9.17, 15) is 4.79 Å². The number of halogens is 2. The standard InChI is InChI=1S/C10H8Br2O3/c1-6(10(13)14)5-15-9-3-2-7(11)4-8(9)12/h2-4H,1,5H2,(H,13,14). The molecule has 80 valence electrons. The number of ether oxygens (including phenoxy) is 1. The van der Waals surface area contributed by atoms with Gasteiger partial charge in [0.1, 0.15) is 12.4 Å². The molecule has 1 rings (SSSR count). The molecule has 3 nitrogen and oxygen atoms in total.